The van der Waals surface area contributed by atoms with Gasteiger partial charge in [-0.2, -0.15) is 4.98 Å². The Balaban J connectivity index is 1.57. The number of carbonyl (C=O) groups excluding carboxylic acids is 1. The van der Waals surface area contributed by atoms with Crippen LogP contribution in [0.25, 0.3) is 17.5 Å². The molecule has 0 aliphatic rings. The van der Waals surface area contributed by atoms with Crippen LogP contribution in [0.2, 0.25) is 0 Å². The first kappa shape index (κ1) is 18.2. The minimum absolute atomic E-state index is 0.113. The standard InChI is InChI=1S/C20H18N2O5/c1-24-16-10-7-15(8-11-16)20-21-18(27-22-20)13-26-19(23)12-9-14-5-3-4-6-17(14)25-2/h3-12H,13H2,1-2H3/b12-9+. The van der Waals surface area contributed by atoms with Gasteiger partial charge in [-0.05, 0) is 36.4 Å². The van der Waals surface area contributed by atoms with Crippen LogP contribution in [-0.2, 0) is 16.1 Å². The van der Waals surface area contributed by atoms with Gasteiger partial charge >= 0.3 is 5.97 Å². The molecule has 0 spiro atoms. The number of aromatic nitrogens is 2. The molecule has 1 aromatic heterocycles. The molecule has 0 amide bonds. The first-order chi connectivity index (χ1) is 13.2. The number of para-hydroxylation sites is 1. The van der Waals surface area contributed by atoms with Crippen LogP contribution in [-0.4, -0.2) is 30.3 Å². The molecule has 0 saturated carbocycles. The Kier molecular flexibility index (Phi) is 5.84. The fourth-order valence-electron chi connectivity index (χ4n) is 2.31. The van der Waals surface area contributed by atoms with Crippen LogP contribution in [0, 0.1) is 0 Å². The second-order valence-electron chi connectivity index (χ2n) is 5.42. The van der Waals surface area contributed by atoms with E-state index in [-0.39, 0.29) is 12.5 Å². The molecule has 2 aromatic carbocycles. The van der Waals surface area contributed by atoms with Crippen molar-refractivity contribution in [2.24, 2.45) is 0 Å². The fourth-order valence-corrected chi connectivity index (χ4v) is 2.31. The molecule has 1 heterocycles. The molecule has 0 bridgehead atoms. The van der Waals surface area contributed by atoms with Gasteiger partial charge in [0.2, 0.25) is 5.82 Å². The van der Waals surface area contributed by atoms with E-state index in [1.54, 1.807) is 32.4 Å². The predicted molar refractivity (Wildman–Crippen MR) is 98.1 cm³/mol. The van der Waals surface area contributed by atoms with Crippen LogP contribution < -0.4 is 9.47 Å². The molecule has 3 aromatic rings. The molecule has 0 aliphatic heterocycles. The number of ether oxygens (including phenoxy) is 3. The van der Waals surface area contributed by atoms with Crippen LogP contribution >= 0.6 is 0 Å². The minimum atomic E-state index is -0.523. The van der Waals surface area contributed by atoms with Crippen molar-refractivity contribution in [3.05, 3.63) is 66.1 Å². The van der Waals surface area contributed by atoms with Gasteiger partial charge in [0.1, 0.15) is 11.5 Å². The lowest BCUT2D eigenvalue weighted by molar-refractivity contribution is -0.139. The second kappa shape index (κ2) is 8.66. The Morgan fingerprint density at radius 1 is 1.07 bits per heavy atom. The van der Waals surface area contributed by atoms with E-state index in [0.717, 1.165) is 16.9 Å². The van der Waals surface area contributed by atoms with E-state index >= 15 is 0 Å². The molecule has 7 heteroatoms. The van der Waals surface area contributed by atoms with E-state index in [9.17, 15) is 4.79 Å². The number of carbonyl (C=O) groups is 1. The lowest BCUT2D eigenvalue weighted by Gasteiger charge is -2.03. The van der Waals surface area contributed by atoms with Crippen LogP contribution in [0.3, 0.4) is 0 Å². The number of benzene rings is 2. The van der Waals surface area contributed by atoms with Gasteiger partial charge in [0.05, 0.1) is 14.2 Å². The maximum atomic E-state index is 11.9. The Bertz CT molecular complexity index is 932. The van der Waals surface area contributed by atoms with E-state index in [1.807, 2.05) is 36.4 Å². The van der Waals surface area contributed by atoms with E-state index in [4.69, 9.17) is 18.7 Å². The summed E-state index contributed by atoms with van der Waals surface area (Å²) in [6, 6.07) is 14.6. The average molecular weight is 366 g/mol. The number of methoxy groups -OCH3 is 2. The molecule has 0 radical (unpaired) electrons. The van der Waals surface area contributed by atoms with Crippen molar-refractivity contribution in [2.45, 2.75) is 6.61 Å². The Morgan fingerprint density at radius 3 is 2.59 bits per heavy atom. The lowest BCUT2D eigenvalue weighted by Crippen LogP contribution is -2.01. The summed E-state index contributed by atoms with van der Waals surface area (Å²) in [5.41, 5.74) is 1.55. The molecule has 0 aliphatic carbocycles. The average Bonchev–Trinajstić information content (AvgIpc) is 3.20. The molecule has 7 nitrogen and oxygen atoms in total. The molecule has 0 saturated heterocycles. The number of esters is 1. The van der Waals surface area contributed by atoms with E-state index in [2.05, 4.69) is 10.1 Å². The highest BCUT2D eigenvalue weighted by atomic mass is 16.6. The van der Waals surface area contributed by atoms with E-state index in [1.165, 1.54) is 6.08 Å². The number of rotatable bonds is 7. The summed E-state index contributed by atoms with van der Waals surface area (Å²) in [4.78, 5) is 16.1. The molecule has 0 N–H and O–H groups in total. The predicted octanol–water partition coefficient (Wildman–Crippen LogP) is 3.51. The molecule has 0 atom stereocenters. The zero-order valence-corrected chi connectivity index (χ0v) is 14.9. The highest BCUT2D eigenvalue weighted by molar-refractivity contribution is 5.87. The van der Waals surface area contributed by atoms with Crippen LogP contribution in [0.5, 0.6) is 11.5 Å². The van der Waals surface area contributed by atoms with Crippen LogP contribution in [0.15, 0.2) is 59.1 Å². The van der Waals surface area contributed by atoms with Crippen molar-refractivity contribution >= 4 is 12.0 Å². The Labute approximate surface area is 156 Å². The lowest BCUT2D eigenvalue weighted by atomic mass is 10.2. The summed E-state index contributed by atoms with van der Waals surface area (Å²) < 4.78 is 20.6. The third kappa shape index (κ3) is 4.72. The molecular weight excluding hydrogens is 348 g/mol. The summed E-state index contributed by atoms with van der Waals surface area (Å²) in [7, 11) is 3.17. The summed E-state index contributed by atoms with van der Waals surface area (Å²) >= 11 is 0. The van der Waals surface area contributed by atoms with Gasteiger partial charge < -0.3 is 18.7 Å². The SMILES string of the molecule is COc1ccc(-c2noc(COC(=O)/C=C/c3ccccc3OC)n2)cc1. The fraction of sp³-hybridized carbons (Fsp3) is 0.150. The van der Waals surface area contributed by atoms with Gasteiger partial charge in [-0.3, -0.25) is 0 Å². The van der Waals surface area contributed by atoms with Crippen molar-refractivity contribution in [1.29, 1.82) is 0 Å². The topological polar surface area (TPSA) is 83.7 Å². The maximum Gasteiger partial charge on any atom is 0.331 e. The molecule has 3 rings (SSSR count). The van der Waals surface area contributed by atoms with Crippen LogP contribution in [0.1, 0.15) is 11.5 Å². The number of nitrogens with zero attached hydrogens (tertiary/aromatic N) is 2. The first-order valence-electron chi connectivity index (χ1n) is 8.14. The second-order valence-corrected chi connectivity index (χ2v) is 5.42. The Hall–Kier alpha value is -3.61. The molecule has 27 heavy (non-hydrogen) atoms. The van der Waals surface area contributed by atoms with Crippen molar-refractivity contribution in [3.63, 3.8) is 0 Å². The molecular formula is C20H18N2O5. The number of hydrogen-bond donors (Lipinski definition) is 0. The van der Waals surface area contributed by atoms with Crippen LogP contribution in [0.4, 0.5) is 0 Å². The van der Waals surface area contributed by atoms with Crippen molar-refractivity contribution in [3.8, 4) is 22.9 Å². The largest absolute Gasteiger partial charge is 0.497 e. The zero-order chi connectivity index (χ0) is 19.1. The Morgan fingerprint density at radius 2 is 1.85 bits per heavy atom. The zero-order valence-electron chi connectivity index (χ0n) is 14.9. The minimum Gasteiger partial charge on any atom is -0.497 e. The molecule has 0 unspecified atom stereocenters. The van der Waals surface area contributed by atoms with Gasteiger partial charge in [-0.15, -0.1) is 0 Å². The molecule has 138 valence electrons. The summed E-state index contributed by atoms with van der Waals surface area (Å²) in [5, 5.41) is 3.88. The van der Waals surface area contributed by atoms with Gasteiger partial charge in [0.25, 0.3) is 5.89 Å². The third-order valence-electron chi connectivity index (χ3n) is 3.69. The summed E-state index contributed by atoms with van der Waals surface area (Å²) in [6.07, 6.45) is 2.94. The summed E-state index contributed by atoms with van der Waals surface area (Å²) in [6.45, 7) is -0.113. The third-order valence-corrected chi connectivity index (χ3v) is 3.69. The van der Waals surface area contributed by atoms with Crippen molar-refractivity contribution in [1.82, 2.24) is 10.1 Å². The van der Waals surface area contributed by atoms with E-state index in [0.29, 0.717) is 11.6 Å². The van der Waals surface area contributed by atoms with Gasteiger partial charge in [0.15, 0.2) is 6.61 Å². The smallest absolute Gasteiger partial charge is 0.331 e. The van der Waals surface area contributed by atoms with E-state index < -0.39 is 5.97 Å². The van der Waals surface area contributed by atoms with Gasteiger partial charge in [-0.1, -0.05) is 23.4 Å². The maximum absolute atomic E-state index is 11.9. The quantitative estimate of drug-likeness (QED) is 0.467. The van der Waals surface area contributed by atoms with Crippen molar-refractivity contribution < 1.29 is 23.5 Å². The summed E-state index contributed by atoms with van der Waals surface area (Å²) in [5.74, 6) is 1.50. The number of hydrogen-bond acceptors (Lipinski definition) is 7. The van der Waals surface area contributed by atoms with Crippen molar-refractivity contribution in [2.75, 3.05) is 14.2 Å². The molecule has 0 fully saturated rings. The monoisotopic (exact) mass is 366 g/mol. The van der Waals surface area contributed by atoms with Gasteiger partial charge in [-0.25, -0.2) is 4.79 Å². The normalized spacial score (nSPS) is 10.7. The first-order valence-corrected chi connectivity index (χ1v) is 8.14. The highest BCUT2D eigenvalue weighted by Gasteiger charge is 2.10. The highest BCUT2D eigenvalue weighted by Crippen LogP contribution is 2.20. The van der Waals surface area contributed by atoms with Gasteiger partial charge in [0, 0.05) is 17.2 Å².